The van der Waals surface area contributed by atoms with Gasteiger partial charge in [0.2, 0.25) is 0 Å². The van der Waals surface area contributed by atoms with Gasteiger partial charge in [-0.05, 0) is 42.7 Å². The Hall–Kier alpha value is -0.890. The van der Waals surface area contributed by atoms with E-state index in [4.69, 9.17) is 0 Å². The maximum absolute atomic E-state index is 15.4. The Balaban J connectivity index is 1.63. The van der Waals surface area contributed by atoms with Gasteiger partial charge in [-0.15, -0.1) is 0 Å². The fraction of sp³-hybridized carbons (Fsp3) is 0.647. The van der Waals surface area contributed by atoms with Gasteiger partial charge in [0, 0.05) is 24.9 Å². The van der Waals surface area contributed by atoms with Crippen molar-refractivity contribution in [2.24, 2.45) is 0 Å². The molecule has 3 fully saturated rings. The van der Waals surface area contributed by atoms with E-state index in [-0.39, 0.29) is 0 Å². The Morgan fingerprint density at radius 1 is 1.05 bits per heavy atom. The summed E-state index contributed by atoms with van der Waals surface area (Å²) in [5.74, 6) is 0.696. The average molecular weight is 259 g/mol. The Morgan fingerprint density at radius 3 is 2.42 bits per heavy atom. The minimum atomic E-state index is -1.09. The largest absolute Gasteiger partial charge is 0.311 e. The van der Waals surface area contributed by atoms with Gasteiger partial charge in [-0.25, -0.2) is 4.39 Å². The van der Waals surface area contributed by atoms with Crippen molar-refractivity contribution in [1.82, 2.24) is 5.32 Å². The summed E-state index contributed by atoms with van der Waals surface area (Å²) in [6.45, 7) is 0. The molecule has 0 spiro atoms. The molecule has 2 unspecified atom stereocenters. The Labute approximate surface area is 114 Å². The van der Waals surface area contributed by atoms with Gasteiger partial charge >= 0.3 is 0 Å². The Bertz CT molecular complexity index is 468. The standard InChI is InChI=1S/C17H22FN/c18-17(10-15-7-8-16(11-17)19-15)14-6-2-5-13(9-14)12-3-1-4-12/h2,5-6,9,12,15-16,19H,1,3-4,7-8,10-11H2. The van der Waals surface area contributed by atoms with E-state index in [9.17, 15) is 0 Å². The van der Waals surface area contributed by atoms with Crippen LogP contribution >= 0.6 is 0 Å². The minimum absolute atomic E-state index is 0.399. The van der Waals surface area contributed by atoms with Gasteiger partial charge in [0.1, 0.15) is 5.67 Å². The molecule has 2 heterocycles. The van der Waals surface area contributed by atoms with E-state index in [1.165, 1.54) is 24.8 Å². The molecule has 2 aliphatic heterocycles. The van der Waals surface area contributed by atoms with Crippen molar-refractivity contribution in [3.63, 3.8) is 0 Å². The lowest BCUT2D eigenvalue weighted by molar-refractivity contribution is 0.0872. The molecule has 0 radical (unpaired) electrons. The molecule has 2 heteroatoms. The number of rotatable bonds is 2. The van der Waals surface area contributed by atoms with Gasteiger partial charge < -0.3 is 5.32 Å². The van der Waals surface area contributed by atoms with E-state index in [2.05, 4.69) is 23.5 Å². The molecular formula is C17H22FN. The van der Waals surface area contributed by atoms with Gasteiger partial charge in [0.05, 0.1) is 0 Å². The topological polar surface area (TPSA) is 12.0 Å². The van der Waals surface area contributed by atoms with Crippen molar-refractivity contribution < 1.29 is 4.39 Å². The van der Waals surface area contributed by atoms with Crippen LogP contribution in [-0.2, 0) is 5.67 Å². The summed E-state index contributed by atoms with van der Waals surface area (Å²) in [7, 11) is 0. The predicted octanol–water partition coefficient (Wildman–Crippen LogP) is 4.03. The van der Waals surface area contributed by atoms with Crippen LogP contribution in [-0.4, -0.2) is 12.1 Å². The fourth-order valence-electron chi connectivity index (χ4n) is 4.14. The molecule has 1 saturated carbocycles. The molecule has 3 aliphatic rings. The minimum Gasteiger partial charge on any atom is -0.311 e. The lowest BCUT2D eigenvalue weighted by atomic mass is 9.77. The molecule has 4 rings (SSSR count). The third kappa shape index (κ3) is 2.01. The van der Waals surface area contributed by atoms with E-state index < -0.39 is 5.67 Å². The molecule has 1 nitrogen and oxygen atoms in total. The maximum Gasteiger partial charge on any atom is 0.139 e. The van der Waals surface area contributed by atoms with Crippen LogP contribution in [0.3, 0.4) is 0 Å². The van der Waals surface area contributed by atoms with Crippen molar-refractivity contribution in [3.05, 3.63) is 35.4 Å². The van der Waals surface area contributed by atoms with Crippen molar-refractivity contribution in [2.45, 2.75) is 68.6 Å². The zero-order valence-corrected chi connectivity index (χ0v) is 11.4. The number of alkyl halides is 1. The second-order valence-electron chi connectivity index (χ2n) is 6.76. The van der Waals surface area contributed by atoms with Gasteiger partial charge in [0.25, 0.3) is 0 Å². The summed E-state index contributed by atoms with van der Waals surface area (Å²) in [5.41, 5.74) is 1.22. The molecule has 102 valence electrons. The smallest absolute Gasteiger partial charge is 0.139 e. The first kappa shape index (κ1) is 11.9. The van der Waals surface area contributed by atoms with E-state index >= 15 is 4.39 Å². The summed E-state index contributed by atoms with van der Waals surface area (Å²) >= 11 is 0. The molecule has 0 amide bonds. The number of nitrogens with one attached hydrogen (secondary N) is 1. The van der Waals surface area contributed by atoms with E-state index in [1.807, 2.05) is 6.07 Å². The van der Waals surface area contributed by atoms with Crippen molar-refractivity contribution in [2.75, 3.05) is 0 Å². The van der Waals surface area contributed by atoms with Crippen LogP contribution < -0.4 is 5.32 Å². The number of benzene rings is 1. The van der Waals surface area contributed by atoms with Gasteiger partial charge in [-0.1, -0.05) is 30.7 Å². The van der Waals surface area contributed by atoms with E-state index in [0.29, 0.717) is 30.8 Å². The molecule has 2 bridgehead atoms. The molecule has 2 atom stereocenters. The third-order valence-corrected chi connectivity index (χ3v) is 5.46. The van der Waals surface area contributed by atoms with Crippen LogP contribution in [0.15, 0.2) is 24.3 Å². The third-order valence-electron chi connectivity index (χ3n) is 5.46. The van der Waals surface area contributed by atoms with Crippen LogP contribution in [0, 0.1) is 0 Å². The first-order chi connectivity index (χ1) is 9.23. The molecular weight excluding hydrogens is 237 g/mol. The molecule has 1 aliphatic carbocycles. The van der Waals surface area contributed by atoms with Crippen molar-refractivity contribution >= 4 is 0 Å². The van der Waals surface area contributed by atoms with Gasteiger partial charge in [-0.3, -0.25) is 0 Å². The highest BCUT2D eigenvalue weighted by Gasteiger charge is 2.45. The predicted molar refractivity (Wildman–Crippen MR) is 75.0 cm³/mol. The second-order valence-corrected chi connectivity index (χ2v) is 6.76. The van der Waals surface area contributed by atoms with E-state index in [1.54, 1.807) is 0 Å². The molecule has 2 saturated heterocycles. The van der Waals surface area contributed by atoms with Crippen LogP contribution in [0.5, 0.6) is 0 Å². The second kappa shape index (κ2) is 4.31. The summed E-state index contributed by atoms with van der Waals surface area (Å²) in [4.78, 5) is 0. The molecule has 1 aromatic rings. The lowest BCUT2D eigenvalue weighted by Gasteiger charge is -2.36. The summed E-state index contributed by atoms with van der Waals surface area (Å²) in [5, 5.41) is 3.53. The number of halogens is 1. The first-order valence-electron chi connectivity index (χ1n) is 7.78. The lowest BCUT2D eigenvalue weighted by Crippen LogP contribution is -2.44. The van der Waals surface area contributed by atoms with Crippen molar-refractivity contribution in [3.8, 4) is 0 Å². The quantitative estimate of drug-likeness (QED) is 0.845. The number of hydrogen-bond acceptors (Lipinski definition) is 1. The van der Waals surface area contributed by atoms with Crippen LogP contribution in [0.25, 0.3) is 0 Å². The zero-order chi connectivity index (χ0) is 12.9. The Kier molecular flexibility index (Phi) is 2.70. The summed E-state index contributed by atoms with van der Waals surface area (Å²) in [6, 6.07) is 9.22. The Morgan fingerprint density at radius 2 is 1.79 bits per heavy atom. The number of hydrogen-bond donors (Lipinski definition) is 1. The van der Waals surface area contributed by atoms with Crippen LogP contribution in [0.1, 0.15) is 62.0 Å². The SMILES string of the molecule is FC1(c2cccc(C3CCC3)c2)CC2CCC(C1)N2. The van der Waals surface area contributed by atoms with Gasteiger partial charge in [-0.2, -0.15) is 0 Å². The monoisotopic (exact) mass is 259 g/mol. The normalized spacial score (nSPS) is 38.2. The highest BCUT2D eigenvalue weighted by molar-refractivity contribution is 5.32. The maximum atomic E-state index is 15.4. The van der Waals surface area contributed by atoms with Gasteiger partial charge in [0.15, 0.2) is 0 Å². The molecule has 1 N–H and O–H groups in total. The fourth-order valence-corrected chi connectivity index (χ4v) is 4.14. The molecule has 19 heavy (non-hydrogen) atoms. The van der Waals surface area contributed by atoms with Crippen LogP contribution in [0.2, 0.25) is 0 Å². The highest BCUT2D eigenvalue weighted by Crippen LogP contribution is 2.45. The highest BCUT2D eigenvalue weighted by atomic mass is 19.1. The van der Waals surface area contributed by atoms with Crippen LogP contribution in [0.4, 0.5) is 4.39 Å². The molecule has 0 aromatic heterocycles. The summed E-state index contributed by atoms with van der Waals surface area (Å²) < 4.78 is 15.4. The first-order valence-corrected chi connectivity index (χ1v) is 7.78. The van der Waals surface area contributed by atoms with E-state index in [0.717, 1.165) is 18.4 Å². The average Bonchev–Trinajstić information content (AvgIpc) is 2.68. The molecule has 1 aromatic carbocycles. The zero-order valence-electron chi connectivity index (χ0n) is 11.4. The number of piperidine rings is 1. The summed E-state index contributed by atoms with van der Waals surface area (Å²) in [6.07, 6.45) is 7.54. The number of fused-ring (bicyclic) bond motifs is 2. The van der Waals surface area contributed by atoms with Crippen molar-refractivity contribution in [1.29, 1.82) is 0 Å².